The van der Waals surface area contributed by atoms with Crippen LogP contribution in [0, 0.1) is 0 Å². The Morgan fingerprint density at radius 2 is 2.06 bits per heavy atom. The average molecular weight is 238 g/mol. The zero-order valence-corrected chi connectivity index (χ0v) is 11.1. The zero-order valence-electron chi connectivity index (χ0n) is 10.3. The molecule has 0 N–H and O–H groups in total. The number of benzene rings is 1. The lowest BCUT2D eigenvalue weighted by Crippen LogP contribution is -2.01. The van der Waals surface area contributed by atoms with E-state index in [-0.39, 0.29) is 5.78 Å². The number of rotatable bonds is 5. The van der Waals surface area contributed by atoms with Crippen molar-refractivity contribution in [2.24, 2.45) is 0 Å². The monoisotopic (exact) mass is 238 g/mol. The van der Waals surface area contributed by atoms with Crippen molar-refractivity contribution >= 4 is 17.5 Å². The minimum absolute atomic E-state index is 0.162. The van der Waals surface area contributed by atoms with Gasteiger partial charge in [0.25, 0.3) is 0 Å². The van der Waals surface area contributed by atoms with E-state index in [0.717, 1.165) is 17.7 Å². The molecule has 0 bridgehead atoms. The van der Waals surface area contributed by atoms with Crippen LogP contribution in [-0.2, 0) is 17.6 Å². The fourth-order valence-electron chi connectivity index (χ4n) is 1.71. The molecule has 0 radical (unpaired) electrons. The summed E-state index contributed by atoms with van der Waals surface area (Å²) >= 11 is 1.71. The lowest BCUT2D eigenvalue weighted by Gasteiger charge is -2.12. The second-order valence-corrected chi connectivity index (χ2v) is 4.56. The second kappa shape index (κ2) is 5.94. The minimum atomic E-state index is 0.162. The molecule has 0 aliphatic heterocycles. The summed E-state index contributed by atoms with van der Waals surface area (Å²) in [5, 5.41) is 0. The van der Waals surface area contributed by atoms with Crippen molar-refractivity contribution in [3.05, 3.63) is 23.3 Å². The molecule has 2 nitrogen and oxygen atoms in total. The number of carbonyl (C=O) groups is 1. The van der Waals surface area contributed by atoms with Crippen molar-refractivity contribution in [1.29, 1.82) is 0 Å². The van der Waals surface area contributed by atoms with Crippen molar-refractivity contribution in [2.75, 3.05) is 13.4 Å². The van der Waals surface area contributed by atoms with Crippen molar-refractivity contribution < 1.29 is 9.53 Å². The van der Waals surface area contributed by atoms with Crippen molar-refractivity contribution in [2.45, 2.75) is 31.6 Å². The zero-order chi connectivity index (χ0) is 12.1. The molecule has 0 unspecified atom stereocenters. The smallest absolute Gasteiger partial charge is 0.134 e. The van der Waals surface area contributed by atoms with Gasteiger partial charge in [-0.25, -0.2) is 0 Å². The number of carbonyl (C=O) groups excluding carboxylic acids is 1. The predicted octanol–water partition coefficient (Wildman–Crippen LogP) is 3.11. The van der Waals surface area contributed by atoms with Gasteiger partial charge in [-0.3, -0.25) is 4.79 Å². The van der Waals surface area contributed by atoms with Gasteiger partial charge in [-0.2, -0.15) is 0 Å². The third kappa shape index (κ3) is 3.01. The molecule has 0 fully saturated rings. The molecule has 3 heteroatoms. The Balaban J connectivity index is 3.20. The first-order valence-corrected chi connectivity index (χ1v) is 6.58. The SMILES string of the molecule is CCc1cc(OC)c(CC(C)=O)cc1SC. The Labute approximate surface area is 101 Å². The number of ether oxygens (including phenoxy) is 1. The van der Waals surface area contributed by atoms with Crippen LogP contribution in [0.3, 0.4) is 0 Å². The summed E-state index contributed by atoms with van der Waals surface area (Å²) in [5.74, 6) is 0.986. The normalized spacial score (nSPS) is 10.2. The summed E-state index contributed by atoms with van der Waals surface area (Å²) in [4.78, 5) is 12.4. The Morgan fingerprint density at radius 1 is 1.38 bits per heavy atom. The highest BCUT2D eigenvalue weighted by molar-refractivity contribution is 7.98. The van der Waals surface area contributed by atoms with E-state index >= 15 is 0 Å². The molecule has 0 amide bonds. The molecule has 1 rings (SSSR count). The molecule has 0 saturated heterocycles. The minimum Gasteiger partial charge on any atom is -0.496 e. The molecule has 16 heavy (non-hydrogen) atoms. The van der Waals surface area contributed by atoms with Gasteiger partial charge in [-0.1, -0.05) is 6.92 Å². The number of thioether (sulfide) groups is 1. The van der Waals surface area contributed by atoms with Gasteiger partial charge >= 0.3 is 0 Å². The largest absolute Gasteiger partial charge is 0.496 e. The number of methoxy groups -OCH3 is 1. The number of aryl methyl sites for hydroxylation is 1. The standard InChI is InChI=1S/C13H18O2S/c1-5-10-7-12(15-3)11(6-9(2)14)8-13(10)16-4/h7-8H,5-6H2,1-4H3. The lowest BCUT2D eigenvalue weighted by molar-refractivity contribution is -0.116. The molecule has 0 atom stereocenters. The van der Waals surface area contributed by atoms with E-state index in [1.165, 1.54) is 10.5 Å². The summed E-state index contributed by atoms with van der Waals surface area (Å²) < 4.78 is 5.33. The number of hydrogen-bond acceptors (Lipinski definition) is 3. The van der Waals surface area contributed by atoms with Crippen LogP contribution in [0.2, 0.25) is 0 Å². The molecule has 0 aliphatic rings. The van der Waals surface area contributed by atoms with E-state index in [2.05, 4.69) is 19.2 Å². The maximum atomic E-state index is 11.2. The first-order valence-electron chi connectivity index (χ1n) is 5.35. The Morgan fingerprint density at radius 3 is 2.50 bits per heavy atom. The van der Waals surface area contributed by atoms with E-state index in [4.69, 9.17) is 4.74 Å². The van der Waals surface area contributed by atoms with Gasteiger partial charge in [0.05, 0.1) is 7.11 Å². The summed E-state index contributed by atoms with van der Waals surface area (Å²) in [6.45, 7) is 3.73. The van der Waals surface area contributed by atoms with E-state index < -0.39 is 0 Å². The van der Waals surface area contributed by atoms with Crippen LogP contribution in [0.15, 0.2) is 17.0 Å². The topological polar surface area (TPSA) is 26.3 Å². The van der Waals surface area contributed by atoms with E-state index in [9.17, 15) is 4.79 Å². The maximum Gasteiger partial charge on any atom is 0.134 e. The summed E-state index contributed by atoms with van der Waals surface area (Å²) in [6.07, 6.45) is 3.48. The molecule has 0 aliphatic carbocycles. The summed E-state index contributed by atoms with van der Waals surface area (Å²) in [7, 11) is 1.65. The van der Waals surface area contributed by atoms with Crippen LogP contribution >= 0.6 is 11.8 Å². The molecule has 0 saturated carbocycles. The maximum absolute atomic E-state index is 11.2. The van der Waals surface area contributed by atoms with Gasteiger partial charge in [-0.15, -0.1) is 11.8 Å². The molecular weight excluding hydrogens is 220 g/mol. The van der Waals surface area contributed by atoms with Gasteiger partial charge in [-0.05, 0) is 37.3 Å². The van der Waals surface area contributed by atoms with Gasteiger partial charge < -0.3 is 4.74 Å². The van der Waals surface area contributed by atoms with Crippen LogP contribution in [0.5, 0.6) is 5.75 Å². The highest BCUT2D eigenvalue weighted by Crippen LogP contribution is 2.30. The first kappa shape index (κ1) is 13.1. The third-order valence-corrected chi connectivity index (χ3v) is 3.32. The molecule has 1 aromatic carbocycles. The molecule has 1 aromatic rings. The highest BCUT2D eigenvalue weighted by atomic mass is 32.2. The van der Waals surface area contributed by atoms with Crippen molar-refractivity contribution in [3.8, 4) is 5.75 Å². The van der Waals surface area contributed by atoms with Crippen LogP contribution < -0.4 is 4.74 Å². The van der Waals surface area contributed by atoms with Crippen LogP contribution in [0.1, 0.15) is 25.0 Å². The molecule has 88 valence electrons. The van der Waals surface area contributed by atoms with Gasteiger partial charge in [0.1, 0.15) is 11.5 Å². The van der Waals surface area contributed by atoms with Crippen LogP contribution in [0.25, 0.3) is 0 Å². The number of ketones is 1. The van der Waals surface area contributed by atoms with E-state index in [0.29, 0.717) is 6.42 Å². The first-order chi connectivity index (χ1) is 7.62. The average Bonchev–Trinajstić information content (AvgIpc) is 2.27. The third-order valence-electron chi connectivity index (χ3n) is 2.50. The Bertz CT molecular complexity index is 386. The van der Waals surface area contributed by atoms with Crippen molar-refractivity contribution in [3.63, 3.8) is 0 Å². The second-order valence-electron chi connectivity index (χ2n) is 3.71. The van der Waals surface area contributed by atoms with Crippen LogP contribution in [0.4, 0.5) is 0 Å². The fourth-order valence-corrected chi connectivity index (χ4v) is 2.43. The van der Waals surface area contributed by atoms with Gasteiger partial charge in [0.15, 0.2) is 0 Å². The number of Topliss-reactive ketones (excluding diaryl/α,β-unsaturated/α-hetero) is 1. The summed E-state index contributed by atoms with van der Waals surface area (Å²) in [6, 6.07) is 4.12. The quantitative estimate of drug-likeness (QED) is 0.737. The molecule has 0 spiro atoms. The fraction of sp³-hybridized carbons (Fsp3) is 0.462. The molecular formula is C13H18O2S. The van der Waals surface area contributed by atoms with Crippen LogP contribution in [-0.4, -0.2) is 19.1 Å². The molecule has 0 aromatic heterocycles. The molecule has 0 heterocycles. The Hall–Kier alpha value is -0.960. The lowest BCUT2D eigenvalue weighted by atomic mass is 10.0. The van der Waals surface area contributed by atoms with Gasteiger partial charge in [0, 0.05) is 16.9 Å². The van der Waals surface area contributed by atoms with Crippen molar-refractivity contribution in [1.82, 2.24) is 0 Å². The summed E-state index contributed by atoms with van der Waals surface area (Å²) in [5.41, 5.74) is 2.26. The predicted molar refractivity (Wildman–Crippen MR) is 68.5 cm³/mol. The Kier molecular flexibility index (Phi) is 4.87. The van der Waals surface area contributed by atoms with E-state index in [1.807, 2.05) is 6.07 Å². The number of hydrogen-bond donors (Lipinski definition) is 0. The van der Waals surface area contributed by atoms with E-state index in [1.54, 1.807) is 25.8 Å². The highest BCUT2D eigenvalue weighted by Gasteiger charge is 2.10. The van der Waals surface area contributed by atoms with Gasteiger partial charge in [0.2, 0.25) is 0 Å².